The van der Waals surface area contributed by atoms with Crippen LogP contribution in [0.2, 0.25) is 0 Å². The number of ether oxygens (including phenoxy) is 1. The second-order valence-corrected chi connectivity index (χ2v) is 5.80. The molecule has 1 aromatic carbocycles. The van der Waals surface area contributed by atoms with Crippen LogP contribution in [-0.4, -0.2) is 43.0 Å². The molecule has 0 aromatic heterocycles. The molecule has 1 heterocycles. The first-order chi connectivity index (χ1) is 10.9. The maximum absolute atomic E-state index is 12.5. The Hall–Kier alpha value is -2.18. The zero-order chi connectivity index (χ0) is 17.0. The normalized spacial score (nSPS) is 20.7. The lowest BCUT2D eigenvalue weighted by Gasteiger charge is -2.23. The summed E-state index contributed by atoms with van der Waals surface area (Å²) >= 11 is 0. The van der Waals surface area contributed by atoms with Gasteiger partial charge >= 0.3 is 6.61 Å². The molecule has 5 nitrogen and oxygen atoms in total. The third-order valence-electron chi connectivity index (χ3n) is 3.97. The molecule has 0 bridgehead atoms. The SMILES string of the molecule is CCNC(=O)C1(C)CCN(C(=O)c2ccc(OC(F)F)cc2)C1. The number of carbonyl (C=O) groups is 2. The third-order valence-corrected chi connectivity index (χ3v) is 3.97. The van der Waals surface area contributed by atoms with Crippen LogP contribution in [0.5, 0.6) is 5.75 Å². The summed E-state index contributed by atoms with van der Waals surface area (Å²) in [6, 6.07) is 5.56. The second-order valence-electron chi connectivity index (χ2n) is 5.80. The van der Waals surface area contributed by atoms with Gasteiger partial charge in [-0.1, -0.05) is 0 Å². The maximum Gasteiger partial charge on any atom is 0.387 e. The Bertz CT molecular complexity index is 577. The Kier molecular flexibility index (Phi) is 5.18. The zero-order valence-electron chi connectivity index (χ0n) is 13.1. The highest BCUT2D eigenvalue weighted by molar-refractivity contribution is 5.95. The van der Waals surface area contributed by atoms with Gasteiger partial charge in [-0.3, -0.25) is 9.59 Å². The second kappa shape index (κ2) is 6.93. The zero-order valence-corrected chi connectivity index (χ0v) is 13.1. The quantitative estimate of drug-likeness (QED) is 0.903. The summed E-state index contributed by atoms with van der Waals surface area (Å²) in [7, 11) is 0. The first-order valence-corrected chi connectivity index (χ1v) is 7.48. The fourth-order valence-electron chi connectivity index (χ4n) is 2.66. The summed E-state index contributed by atoms with van der Waals surface area (Å²) in [6.45, 7) is 2.17. The number of halogens is 2. The monoisotopic (exact) mass is 326 g/mol. The van der Waals surface area contributed by atoms with Crippen LogP contribution in [0.15, 0.2) is 24.3 Å². The molecular weight excluding hydrogens is 306 g/mol. The first-order valence-electron chi connectivity index (χ1n) is 7.48. The predicted octanol–water partition coefficient (Wildman–Crippen LogP) is 2.28. The minimum atomic E-state index is -2.90. The summed E-state index contributed by atoms with van der Waals surface area (Å²) < 4.78 is 28.5. The number of alkyl halides is 2. The molecule has 2 rings (SSSR count). The van der Waals surface area contributed by atoms with Crippen molar-refractivity contribution in [2.75, 3.05) is 19.6 Å². The lowest BCUT2D eigenvalue weighted by molar-refractivity contribution is -0.129. The molecule has 1 unspecified atom stereocenters. The predicted molar refractivity (Wildman–Crippen MR) is 80.4 cm³/mol. The van der Waals surface area contributed by atoms with Gasteiger partial charge in [0.05, 0.1) is 5.41 Å². The molecule has 1 atom stereocenters. The van der Waals surface area contributed by atoms with Crippen LogP contribution in [-0.2, 0) is 4.79 Å². The Labute approximate surface area is 133 Å². The Morgan fingerprint density at radius 3 is 2.57 bits per heavy atom. The van der Waals surface area contributed by atoms with Gasteiger partial charge in [-0.2, -0.15) is 8.78 Å². The van der Waals surface area contributed by atoms with Crippen molar-refractivity contribution < 1.29 is 23.1 Å². The van der Waals surface area contributed by atoms with E-state index in [0.29, 0.717) is 31.6 Å². The van der Waals surface area contributed by atoms with E-state index in [2.05, 4.69) is 10.1 Å². The standard InChI is InChI=1S/C16H20F2N2O3/c1-3-19-14(22)16(2)8-9-20(10-16)13(21)11-4-6-12(7-5-11)23-15(17)18/h4-7,15H,3,8-10H2,1-2H3,(H,19,22). The van der Waals surface area contributed by atoms with Crippen LogP contribution in [0.1, 0.15) is 30.6 Å². The number of hydrogen-bond donors (Lipinski definition) is 1. The fourth-order valence-corrected chi connectivity index (χ4v) is 2.66. The average Bonchev–Trinajstić information content (AvgIpc) is 2.91. The van der Waals surface area contributed by atoms with Crippen LogP contribution >= 0.6 is 0 Å². The van der Waals surface area contributed by atoms with Gasteiger partial charge in [0, 0.05) is 25.2 Å². The molecule has 0 saturated carbocycles. The van der Waals surface area contributed by atoms with Gasteiger partial charge in [0.2, 0.25) is 5.91 Å². The number of nitrogens with one attached hydrogen (secondary N) is 1. The van der Waals surface area contributed by atoms with Crippen molar-refractivity contribution in [2.24, 2.45) is 5.41 Å². The van der Waals surface area contributed by atoms with E-state index in [1.54, 1.807) is 4.90 Å². The number of carbonyl (C=O) groups excluding carboxylic acids is 2. The summed E-state index contributed by atoms with van der Waals surface area (Å²) in [6.07, 6.45) is 0.594. The number of hydrogen-bond acceptors (Lipinski definition) is 3. The van der Waals surface area contributed by atoms with Crippen LogP contribution in [0.4, 0.5) is 8.78 Å². The van der Waals surface area contributed by atoms with Crippen LogP contribution in [0.25, 0.3) is 0 Å². The Morgan fingerprint density at radius 2 is 2.00 bits per heavy atom. The number of amides is 2. The molecule has 1 aliphatic rings. The van der Waals surface area contributed by atoms with Crippen LogP contribution in [0, 0.1) is 5.41 Å². The molecule has 126 valence electrons. The van der Waals surface area contributed by atoms with Gasteiger partial charge in [0.1, 0.15) is 5.75 Å². The molecule has 0 aliphatic carbocycles. The fraction of sp³-hybridized carbons (Fsp3) is 0.500. The molecule has 1 aliphatic heterocycles. The third kappa shape index (κ3) is 3.97. The van der Waals surface area contributed by atoms with Crippen molar-refractivity contribution >= 4 is 11.8 Å². The van der Waals surface area contributed by atoms with Crippen molar-refractivity contribution in [1.29, 1.82) is 0 Å². The number of nitrogens with zero attached hydrogens (tertiary/aromatic N) is 1. The minimum Gasteiger partial charge on any atom is -0.435 e. The van der Waals surface area contributed by atoms with Gasteiger partial charge in [-0.05, 0) is 44.5 Å². The Balaban J connectivity index is 2.03. The van der Waals surface area contributed by atoms with E-state index in [-0.39, 0.29) is 17.6 Å². The van der Waals surface area contributed by atoms with Crippen molar-refractivity contribution in [1.82, 2.24) is 10.2 Å². The molecule has 7 heteroatoms. The first kappa shape index (κ1) is 17.2. The van der Waals surface area contributed by atoms with Gasteiger partial charge in [-0.25, -0.2) is 0 Å². The number of benzene rings is 1. The van der Waals surface area contributed by atoms with Gasteiger partial charge in [0.25, 0.3) is 5.91 Å². The van der Waals surface area contributed by atoms with E-state index < -0.39 is 12.0 Å². The van der Waals surface area contributed by atoms with E-state index in [1.165, 1.54) is 24.3 Å². The lowest BCUT2D eigenvalue weighted by atomic mass is 9.89. The molecule has 1 aromatic rings. The molecule has 2 amide bonds. The van der Waals surface area contributed by atoms with Gasteiger partial charge < -0.3 is 15.0 Å². The molecule has 1 fully saturated rings. The van der Waals surface area contributed by atoms with E-state index in [0.717, 1.165) is 0 Å². The largest absolute Gasteiger partial charge is 0.435 e. The number of likely N-dealkylation sites (tertiary alicyclic amines) is 1. The van der Waals surface area contributed by atoms with E-state index in [1.807, 2.05) is 13.8 Å². The van der Waals surface area contributed by atoms with Crippen LogP contribution < -0.4 is 10.1 Å². The lowest BCUT2D eigenvalue weighted by Crippen LogP contribution is -2.41. The molecule has 23 heavy (non-hydrogen) atoms. The average molecular weight is 326 g/mol. The molecular formula is C16H20F2N2O3. The van der Waals surface area contributed by atoms with Crippen molar-refractivity contribution in [2.45, 2.75) is 26.9 Å². The van der Waals surface area contributed by atoms with E-state index >= 15 is 0 Å². The van der Waals surface area contributed by atoms with Crippen molar-refractivity contribution in [3.63, 3.8) is 0 Å². The highest BCUT2D eigenvalue weighted by Gasteiger charge is 2.41. The number of rotatable bonds is 5. The highest BCUT2D eigenvalue weighted by Crippen LogP contribution is 2.31. The van der Waals surface area contributed by atoms with E-state index in [9.17, 15) is 18.4 Å². The molecule has 1 N–H and O–H groups in total. The highest BCUT2D eigenvalue weighted by atomic mass is 19.3. The van der Waals surface area contributed by atoms with Gasteiger partial charge in [-0.15, -0.1) is 0 Å². The van der Waals surface area contributed by atoms with Crippen molar-refractivity contribution in [3.05, 3.63) is 29.8 Å². The Morgan fingerprint density at radius 1 is 1.35 bits per heavy atom. The smallest absolute Gasteiger partial charge is 0.387 e. The summed E-state index contributed by atoms with van der Waals surface area (Å²) in [5.74, 6) is -0.275. The van der Waals surface area contributed by atoms with Crippen LogP contribution in [0.3, 0.4) is 0 Å². The molecule has 0 radical (unpaired) electrons. The summed E-state index contributed by atoms with van der Waals surface area (Å²) in [5, 5.41) is 2.79. The maximum atomic E-state index is 12.5. The minimum absolute atomic E-state index is 0.00475. The molecule has 1 saturated heterocycles. The van der Waals surface area contributed by atoms with E-state index in [4.69, 9.17) is 0 Å². The topological polar surface area (TPSA) is 58.6 Å². The summed E-state index contributed by atoms with van der Waals surface area (Å²) in [5.41, 5.74) is -0.212. The van der Waals surface area contributed by atoms with Crippen molar-refractivity contribution in [3.8, 4) is 5.75 Å². The summed E-state index contributed by atoms with van der Waals surface area (Å²) in [4.78, 5) is 26.1. The van der Waals surface area contributed by atoms with Gasteiger partial charge in [0.15, 0.2) is 0 Å². The molecule has 0 spiro atoms.